The number of unbranched alkanes of at least 4 members (excludes halogenated alkanes) is 6. The van der Waals surface area contributed by atoms with Crippen molar-refractivity contribution in [2.45, 2.75) is 130 Å². The Balaban J connectivity index is 1.36. The summed E-state index contributed by atoms with van der Waals surface area (Å²) >= 11 is 1.46. The molecule has 0 heterocycles. The maximum atomic E-state index is 12.4. The van der Waals surface area contributed by atoms with Crippen molar-refractivity contribution in [1.82, 2.24) is 0 Å². The lowest BCUT2D eigenvalue weighted by Gasteiger charge is -2.61. The van der Waals surface area contributed by atoms with Crippen molar-refractivity contribution < 1.29 is 14.7 Å². The summed E-state index contributed by atoms with van der Waals surface area (Å²) in [5.74, 6) is 4.01. The predicted molar refractivity (Wildman–Crippen MR) is 146 cm³/mol. The van der Waals surface area contributed by atoms with Crippen LogP contribution in [-0.2, 0) is 9.59 Å². The van der Waals surface area contributed by atoms with Crippen LogP contribution < -0.4 is 0 Å². The second-order valence-corrected chi connectivity index (χ2v) is 14.5. The number of rotatable bonds is 10. The third-order valence-electron chi connectivity index (χ3n) is 11.2. The number of fused-ring (bicyclic) bond motifs is 5. The molecule has 0 aromatic rings. The van der Waals surface area contributed by atoms with Crippen LogP contribution in [0.1, 0.15) is 124 Å². The van der Waals surface area contributed by atoms with E-state index in [9.17, 15) is 14.7 Å². The first-order chi connectivity index (χ1) is 16.6. The Hall–Kier alpha value is -0.610. The molecule has 4 rings (SSSR count). The van der Waals surface area contributed by atoms with Crippen molar-refractivity contribution in [1.29, 1.82) is 0 Å². The Kier molecular flexibility index (Phi) is 8.63. The monoisotopic (exact) mass is 502 g/mol. The fourth-order valence-electron chi connectivity index (χ4n) is 8.85. The molecule has 3 nitrogen and oxygen atoms in total. The van der Waals surface area contributed by atoms with E-state index in [0.29, 0.717) is 29.5 Å². The lowest BCUT2D eigenvalue weighted by Crippen LogP contribution is -2.56. The zero-order chi connectivity index (χ0) is 25.3. The molecule has 0 spiro atoms. The van der Waals surface area contributed by atoms with Gasteiger partial charge in [0.2, 0.25) is 0 Å². The van der Waals surface area contributed by atoms with Gasteiger partial charge in [-0.05, 0) is 98.9 Å². The van der Waals surface area contributed by atoms with Gasteiger partial charge in [-0.25, -0.2) is 0 Å². The van der Waals surface area contributed by atoms with Crippen LogP contribution in [0.4, 0.5) is 0 Å². The molecule has 4 heteroatoms. The van der Waals surface area contributed by atoms with E-state index in [1.807, 2.05) is 0 Å². The molecule has 198 valence electrons. The molecule has 0 saturated heterocycles. The third-order valence-corrected chi connectivity index (χ3v) is 12.1. The summed E-state index contributed by atoms with van der Waals surface area (Å²) in [4.78, 5) is 23.4. The molecule has 0 radical (unpaired) electrons. The highest BCUT2D eigenvalue weighted by atomic mass is 32.2. The van der Waals surface area contributed by atoms with Crippen molar-refractivity contribution in [2.75, 3.05) is 5.75 Å². The molecular weight excluding hydrogens is 452 g/mol. The molecule has 0 aromatic carbocycles. The highest BCUT2D eigenvalue weighted by molar-refractivity contribution is 8.13. The molecule has 4 aliphatic carbocycles. The van der Waals surface area contributed by atoms with Crippen LogP contribution in [0.15, 0.2) is 11.6 Å². The highest BCUT2D eigenvalue weighted by Crippen LogP contribution is 2.69. The van der Waals surface area contributed by atoms with E-state index in [-0.39, 0.29) is 15.9 Å². The minimum absolute atomic E-state index is 0.0507. The van der Waals surface area contributed by atoms with Gasteiger partial charge in [0.1, 0.15) is 0 Å². The standard InChI is InChI=1S/C31H50O3S/c1-22(32)35-19-11-9-7-5-6-8-10-12-23-20-24-21-25(33)13-16-29(24,2)26-14-17-30(3)27(28(23)26)15-18-31(30,4)34/h21,23,26-28,34H,5-20H2,1-4H3/t23-,26+,27+,28-,29+,30+,31+/m1/s1. The molecule has 0 aliphatic heterocycles. The van der Waals surface area contributed by atoms with Gasteiger partial charge in [0, 0.05) is 19.1 Å². The summed E-state index contributed by atoms with van der Waals surface area (Å²) in [6.45, 7) is 8.64. The van der Waals surface area contributed by atoms with E-state index in [1.165, 1.54) is 75.1 Å². The second-order valence-electron chi connectivity index (χ2n) is 13.2. The molecule has 0 amide bonds. The second kappa shape index (κ2) is 11.0. The number of allylic oxidation sites excluding steroid dienone is 1. The van der Waals surface area contributed by atoms with E-state index in [4.69, 9.17) is 0 Å². The number of carbonyl (C=O) groups excluding carboxylic acids is 2. The Bertz CT molecular complexity index is 816. The lowest BCUT2D eigenvalue weighted by molar-refractivity contribution is -0.135. The average molecular weight is 503 g/mol. The normalized spacial score (nSPS) is 40.6. The van der Waals surface area contributed by atoms with Gasteiger partial charge in [0.05, 0.1) is 5.60 Å². The number of hydrogen-bond donors (Lipinski definition) is 1. The molecular formula is C31H50O3S. The fourth-order valence-corrected chi connectivity index (χ4v) is 9.49. The Morgan fingerprint density at radius 2 is 1.63 bits per heavy atom. The van der Waals surface area contributed by atoms with E-state index >= 15 is 0 Å². The predicted octanol–water partition coefficient (Wildman–Crippen LogP) is 7.90. The average Bonchev–Trinajstić information content (AvgIpc) is 3.04. The summed E-state index contributed by atoms with van der Waals surface area (Å²) in [6.07, 6.45) is 19.6. The lowest BCUT2D eigenvalue weighted by atomic mass is 9.44. The first kappa shape index (κ1) is 27.4. The van der Waals surface area contributed by atoms with Crippen LogP contribution in [0, 0.1) is 34.5 Å². The van der Waals surface area contributed by atoms with Gasteiger partial charge in [-0.15, -0.1) is 0 Å². The first-order valence-electron chi connectivity index (χ1n) is 14.7. The van der Waals surface area contributed by atoms with Crippen LogP contribution in [-0.4, -0.2) is 27.4 Å². The van der Waals surface area contributed by atoms with Crippen LogP contribution in [0.25, 0.3) is 0 Å². The van der Waals surface area contributed by atoms with Gasteiger partial charge < -0.3 is 5.11 Å². The van der Waals surface area contributed by atoms with Crippen molar-refractivity contribution in [3.05, 3.63) is 11.6 Å². The van der Waals surface area contributed by atoms with Crippen LogP contribution in [0.2, 0.25) is 0 Å². The van der Waals surface area contributed by atoms with Crippen molar-refractivity contribution in [2.24, 2.45) is 34.5 Å². The van der Waals surface area contributed by atoms with Gasteiger partial charge >= 0.3 is 0 Å². The maximum absolute atomic E-state index is 12.4. The largest absolute Gasteiger partial charge is 0.390 e. The SMILES string of the molecule is CC(=O)SCCCCCCCCC[C@@H]1CC2=CC(=O)CC[C@]2(C)[C@H]2CC[C@@]3(C)[C@@H](CC[C@]3(C)O)[C@H]12. The molecule has 0 aromatic heterocycles. The topological polar surface area (TPSA) is 54.4 Å². The highest BCUT2D eigenvalue weighted by Gasteiger charge is 2.64. The zero-order valence-corrected chi connectivity index (χ0v) is 23.7. The summed E-state index contributed by atoms with van der Waals surface area (Å²) in [5.41, 5.74) is 1.19. The quantitative estimate of drug-likeness (QED) is 0.309. The third kappa shape index (κ3) is 5.49. The van der Waals surface area contributed by atoms with Gasteiger partial charge in [-0.1, -0.05) is 69.7 Å². The Labute approximate surface area is 218 Å². The number of carbonyl (C=O) groups is 2. The summed E-state index contributed by atoms with van der Waals surface area (Å²) in [5, 5.41) is 11.6. The smallest absolute Gasteiger partial charge is 0.185 e. The minimum Gasteiger partial charge on any atom is -0.390 e. The summed E-state index contributed by atoms with van der Waals surface area (Å²) < 4.78 is 0. The molecule has 0 unspecified atom stereocenters. The van der Waals surface area contributed by atoms with E-state index < -0.39 is 5.60 Å². The minimum atomic E-state index is -0.532. The van der Waals surface area contributed by atoms with Crippen LogP contribution >= 0.6 is 11.8 Å². The molecule has 3 fully saturated rings. The number of ketones is 1. The maximum Gasteiger partial charge on any atom is 0.185 e. The number of hydrogen-bond acceptors (Lipinski definition) is 4. The molecule has 3 saturated carbocycles. The zero-order valence-electron chi connectivity index (χ0n) is 22.9. The molecule has 4 aliphatic rings. The molecule has 35 heavy (non-hydrogen) atoms. The number of aliphatic hydroxyl groups is 1. The number of thioether (sulfide) groups is 1. The van der Waals surface area contributed by atoms with E-state index in [1.54, 1.807) is 6.92 Å². The van der Waals surface area contributed by atoms with E-state index in [2.05, 4.69) is 26.8 Å². The van der Waals surface area contributed by atoms with Crippen molar-refractivity contribution in [3.8, 4) is 0 Å². The Morgan fingerprint density at radius 1 is 0.971 bits per heavy atom. The van der Waals surface area contributed by atoms with Gasteiger partial charge in [-0.2, -0.15) is 0 Å². The van der Waals surface area contributed by atoms with Crippen LogP contribution in [0.3, 0.4) is 0 Å². The van der Waals surface area contributed by atoms with Crippen LogP contribution in [0.5, 0.6) is 0 Å². The molecule has 1 N–H and O–H groups in total. The van der Waals surface area contributed by atoms with Gasteiger partial charge in [0.15, 0.2) is 10.9 Å². The molecule has 7 atom stereocenters. The van der Waals surface area contributed by atoms with Crippen molar-refractivity contribution in [3.63, 3.8) is 0 Å². The Morgan fingerprint density at radius 3 is 2.34 bits per heavy atom. The fraction of sp³-hybridized carbons (Fsp3) is 0.871. The first-order valence-corrected chi connectivity index (χ1v) is 15.7. The summed E-state index contributed by atoms with van der Waals surface area (Å²) in [7, 11) is 0. The van der Waals surface area contributed by atoms with Crippen molar-refractivity contribution >= 4 is 22.7 Å². The summed E-state index contributed by atoms with van der Waals surface area (Å²) in [6, 6.07) is 0. The molecule has 0 bridgehead atoms. The van der Waals surface area contributed by atoms with Gasteiger partial charge in [0.25, 0.3) is 0 Å². The van der Waals surface area contributed by atoms with E-state index in [0.717, 1.165) is 44.3 Å². The van der Waals surface area contributed by atoms with Gasteiger partial charge in [-0.3, -0.25) is 9.59 Å².